The van der Waals surface area contributed by atoms with Crippen LogP contribution in [0.1, 0.15) is 19.8 Å². The summed E-state index contributed by atoms with van der Waals surface area (Å²) in [4.78, 5) is 34.7. The van der Waals surface area contributed by atoms with E-state index in [2.05, 4.69) is 10.1 Å². The van der Waals surface area contributed by atoms with Crippen LogP contribution in [0.3, 0.4) is 0 Å². The molecule has 6 nitrogen and oxygen atoms in total. The molecule has 0 atom stereocenters. The largest absolute Gasteiger partial charge is 0.464 e. The summed E-state index contributed by atoms with van der Waals surface area (Å²) in [5.74, 6) is -1.18. The van der Waals surface area contributed by atoms with Crippen LogP contribution in [0.15, 0.2) is 11.8 Å². The van der Waals surface area contributed by atoms with Crippen LogP contribution in [0.5, 0.6) is 0 Å². The number of esters is 1. The van der Waals surface area contributed by atoms with E-state index in [0.717, 1.165) is 18.9 Å². The van der Waals surface area contributed by atoms with Crippen LogP contribution >= 0.6 is 0 Å². The number of nitrogens with zero attached hydrogens (tertiary/aromatic N) is 1. The number of carbonyl (C=O) groups is 3. The van der Waals surface area contributed by atoms with Gasteiger partial charge in [-0.25, -0.2) is 4.79 Å². The summed E-state index contributed by atoms with van der Waals surface area (Å²) in [5, 5.41) is 2.34. The number of nitrogens with one attached hydrogen (secondary N) is 1. The van der Waals surface area contributed by atoms with Gasteiger partial charge >= 0.3 is 5.97 Å². The average Bonchev–Trinajstić information content (AvgIpc) is 2.36. The number of amides is 2. The monoisotopic (exact) mass is 242 g/mol. The zero-order chi connectivity index (χ0) is 13.3. The Morgan fingerprint density at radius 1 is 1.41 bits per heavy atom. The molecule has 0 unspecified atom stereocenters. The molecule has 0 aromatic carbocycles. The van der Waals surface area contributed by atoms with E-state index in [0.29, 0.717) is 13.0 Å². The molecule has 6 heteroatoms. The van der Waals surface area contributed by atoms with Crippen LogP contribution in [0, 0.1) is 0 Å². The SMILES string of the molecule is CCCCN(C=O)/C(=C\C(=O)NC)C(=O)OC. The third kappa shape index (κ3) is 5.14. The Morgan fingerprint density at radius 3 is 2.47 bits per heavy atom. The van der Waals surface area contributed by atoms with E-state index in [4.69, 9.17) is 0 Å². The van der Waals surface area contributed by atoms with E-state index in [-0.39, 0.29) is 5.70 Å². The van der Waals surface area contributed by atoms with Crippen molar-refractivity contribution in [1.82, 2.24) is 10.2 Å². The van der Waals surface area contributed by atoms with Gasteiger partial charge < -0.3 is 15.0 Å². The van der Waals surface area contributed by atoms with Crippen molar-refractivity contribution in [2.45, 2.75) is 19.8 Å². The Bertz CT molecular complexity index is 313. The second-order valence-corrected chi connectivity index (χ2v) is 3.29. The van der Waals surface area contributed by atoms with Crippen molar-refractivity contribution < 1.29 is 19.1 Å². The Labute approximate surface area is 101 Å². The average molecular weight is 242 g/mol. The minimum atomic E-state index is -0.711. The smallest absolute Gasteiger partial charge is 0.354 e. The van der Waals surface area contributed by atoms with E-state index >= 15 is 0 Å². The topological polar surface area (TPSA) is 75.7 Å². The molecule has 96 valence electrons. The molecule has 0 aromatic rings. The first kappa shape index (κ1) is 15.2. The van der Waals surface area contributed by atoms with Gasteiger partial charge in [-0.15, -0.1) is 0 Å². The van der Waals surface area contributed by atoms with Crippen LogP contribution in [0.2, 0.25) is 0 Å². The summed E-state index contributed by atoms with van der Waals surface area (Å²) in [6.07, 6.45) is 3.18. The van der Waals surface area contributed by atoms with Gasteiger partial charge in [0.05, 0.1) is 7.11 Å². The van der Waals surface area contributed by atoms with Gasteiger partial charge in [0.15, 0.2) is 0 Å². The maximum Gasteiger partial charge on any atom is 0.354 e. The predicted molar refractivity (Wildman–Crippen MR) is 61.8 cm³/mol. The lowest BCUT2D eigenvalue weighted by Crippen LogP contribution is -2.30. The summed E-state index contributed by atoms with van der Waals surface area (Å²) in [5.41, 5.74) is -0.0599. The van der Waals surface area contributed by atoms with E-state index in [1.165, 1.54) is 19.1 Å². The normalized spacial score (nSPS) is 10.6. The summed E-state index contributed by atoms with van der Waals surface area (Å²) in [6.45, 7) is 2.33. The van der Waals surface area contributed by atoms with Gasteiger partial charge in [0.2, 0.25) is 12.3 Å². The van der Waals surface area contributed by atoms with Gasteiger partial charge in [0.1, 0.15) is 5.70 Å². The van der Waals surface area contributed by atoms with Crippen molar-refractivity contribution in [2.24, 2.45) is 0 Å². The quantitative estimate of drug-likeness (QED) is 0.389. The lowest BCUT2D eigenvalue weighted by Gasteiger charge is -2.18. The highest BCUT2D eigenvalue weighted by Gasteiger charge is 2.18. The van der Waals surface area contributed by atoms with E-state index in [1.807, 2.05) is 6.92 Å². The first-order chi connectivity index (χ1) is 8.10. The Kier molecular flexibility index (Phi) is 7.41. The molecule has 17 heavy (non-hydrogen) atoms. The van der Waals surface area contributed by atoms with Gasteiger partial charge in [-0.05, 0) is 6.42 Å². The molecular formula is C11H18N2O4. The van der Waals surface area contributed by atoms with Gasteiger partial charge in [-0.1, -0.05) is 13.3 Å². The number of ether oxygens (including phenoxy) is 1. The Hall–Kier alpha value is -1.85. The number of unbranched alkanes of at least 4 members (excludes halogenated alkanes) is 1. The number of hydrogen-bond donors (Lipinski definition) is 1. The van der Waals surface area contributed by atoms with Gasteiger partial charge in [0, 0.05) is 19.7 Å². The fourth-order valence-corrected chi connectivity index (χ4v) is 1.12. The van der Waals surface area contributed by atoms with E-state index < -0.39 is 11.9 Å². The molecule has 0 heterocycles. The molecule has 0 fully saturated rings. The van der Waals surface area contributed by atoms with Crippen LogP contribution in [0.25, 0.3) is 0 Å². The molecule has 0 aromatic heterocycles. The van der Waals surface area contributed by atoms with E-state index in [1.54, 1.807) is 0 Å². The standard InChI is InChI=1S/C11H18N2O4/c1-4-5-6-13(8-14)9(11(16)17-3)7-10(15)12-2/h7-8H,4-6H2,1-3H3,(H,12,15)/b9-7-. The second-order valence-electron chi connectivity index (χ2n) is 3.29. The van der Waals surface area contributed by atoms with Crippen LogP contribution in [-0.2, 0) is 19.1 Å². The highest BCUT2D eigenvalue weighted by molar-refractivity contribution is 5.99. The third-order valence-corrected chi connectivity index (χ3v) is 2.10. The lowest BCUT2D eigenvalue weighted by molar-refractivity contribution is -0.140. The first-order valence-corrected chi connectivity index (χ1v) is 5.34. The van der Waals surface area contributed by atoms with E-state index in [9.17, 15) is 14.4 Å². The van der Waals surface area contributed by atoms with Gasteiger partial charge in [-0.3, -0.25) is 9.59 Å². The molecule has 0 aliphatic rings. The molecule has 0 rings (SSSR count). The van der Waals surface area contributed by atoms with Crippen molar-refractivity contribution >= 4 is 18.3 Å². The molecule has 0 aliphatic heterocycles. The summed E-state index contributed by atoms with van der Waals surface area (Å²) >= 11 is 0. The van der Waals surface area contributed by atoms with Gasteiger partial charge in [-0.2, -0.15) is 0 Å². The Morgan fingerprint density at radius 2 is 2.06 bits per heavy atom. The first-order valence-electron chi connectivity index (χ1n) is 5.34. The number of rotatable bonds is 7. The Balaban J connectivity index is 4.99. The molecule has 2 amide bonds. The molecule has 0 spiro atoms. The molecule has 0 radical (unpaired) electrons. The predicted octanol–water partition coefficient (Wildman–Crippen LogP) is 0.0478. The summed E-state index contributed by atoms with van der Waals surface area (Å²) in [7, 11) is 2.63. The molecule has 0 bridgehead atoms. The fourth-order valence-electron chi connectivity index (χ4n) is 1.12. The third-order valence-electron chi connectivity index (χ3n) is 2.10. The second kappa shape index (κ2) is 8.32. The molecule has 0 aliphatic carbocycles. The number of methoxy groups -OCH3 is 1. The fraction of sp³-hybridized carbons (Fsp3) is 0.545. The van der Waals surface area contributed by atoms with Crippen molar-refractivity contribution in [3.63, 3.8) is 0 Å². The highest BCUT2D eigenvalue weighted by atomic mass is 16.5. The highest BCUT2D eigenvalue weighted by Crippen LogP contribution is 2.06. The number of hydrogen-bond acceptors (Lipinski definition) is 4. The van der Waals surface area contributed by atoms with Crippen LogP contribution in [-0.4, -0.2) is 43.9 Å². The summed E-state index contributed by atoms with van der Waals surface area (Å²) in [6, 6.07) is 0. The molecular weight excluding hydrogens is 224 g/mol. The molecule has 0 saturated carbocycles. The van der Waals surface area contributed by atoms with Crippen LogP contribution < -0.4 is 5.32 Å². The minimum Gasteiger partial charge on any atom is -0.464 e. The number of likely N-dealkylation sites (N-methyl/N-ethyl adjacent to an activating group) is 1. The summed E-state index contributed by atoms with van der Waals surface area (Å²) < 4.78 is 4.53. The van der Waals surface area contributed by atoms with Gasteiger partial charge in [0.25, 0.3) is 0 Å². The van der Waals surface area contributed by atoms with Crippen molar-refractivity contribution in [3.05, 3.63) is 11.8 Å². The van der Waals surface area contributed by atoms with Crippen molar-refractivity contribution in [3.8, 4) is 0 Å². The molecule has 1 N–H and O–H groups in total. The lowest BCUT2D eigenvalue weighted by atomic mass is 10.3. The minimum absolute atomic E-state index is 0.0599. The molecule has 0 saturated heterocycles. The maximum atomic E-state index is 11.5. The number of carbonyl (C=O) groups excluding carboxylic acids is 3. The zero-order valence-corrected chi connectivity index (χ0v) is 10.4. The maximum absolute atomic E-state index is 11.5. The van der Waals surface area contributed by atoms with Crippen molar-refractivity contribution in [2.75, 3.05) is 20.7 Å². The van der Waals surface area contributed by atoms with Crippen molar-refractivity contribution in [1.29, 1.82) is 0 Å². The van der Waals surface area contributed by atoms with Crippen LogP contribution in [0.4, 0.5) is 0 Å². The zero-order valence-electron chi connectivity index (χ0n) is 10.4.